The molecule has 0 aliphatic heterocycles. The molecule has 1 N–H and O–H groups in total. The van der Waals surface area contributed by atoms with E-state index in [1.807, 2.05) is 29.0 Å². The number of nitrogens with one attached hydrogen (secondary N) is 1. The quantitative estimate of drug-likeness (QED) is 0.805. The fourth-order valence-corrected chi connectivity index (χ4v) is 3.49. The zero-order valence-corrected chi connectivity index (χ0v) is 12.8. The van der Waals surface area contributed by atoms with Gasteiger partial charge in [0, 0.05) is 23.8 Å². The van der Waals surface area contributed by atoms with Crippen LogP contribution in [0, 0.1) is 6.92 Å². The van der Waals surface area contributed by atoms with Gasteiger partial charge in [0.15, 0.2) is 0 Å². The number of aryl methyl sites for hydroxylation is 1. The molecule has 5 nitrogen and oxygen atoms in total. The van der Waals surface area contributed by atoms with E-state index in [0.29, 0.717) is 11.3 Å². The fourth-order valence-electron chi connectivity index (χ4n) is 2.18. The normalized spacial score (nSPS) is 11.3. The van der Waals surface area contributed by atoms with Crippen LogP contribution in [0.3, 0.4) is 0 Å². The Kier molecular flexibility index (Phi) is 3.68. The van der Waals surface area contributed by atoms with E-state index >= 15 is 0 Å². The van der Waals surface area contributed by atoms with Crippen LogP contribution < -0.4 is 4.72 Å². The Bertz CT molecular complexity index is 870. The van der Waals surface area contributed by atoms with Gasteiger partial charge in [-0.1, -0.05) is 18.2 Å². The van der Waals surface area contributed by atoms with Crippen LogP contribution in [0.2, 0.25) is 0 Å². The molecular weight excluding hydrogens is 298 g/mol. The molecule has 3 rings (SSSR count). The monoisotopic (exact) mass is 313 g/mol. The van der Waals surface area contributed by atoms with Crippen molar-refractivity contribution in [1.82, 2.24) is 9.55 Å². The largest absolute Gasteiger partial charge is 0.306 e. The predicted octanol–water partition coefficient (Wildman–Crippen LogP) is 2.98. The first-order valence-electron chi connectivity index (χ1n) is 6.73. The van der Waals surface area contributed by atoms with Crippen molar-refractivity contribution in [1.29, 1.82) is 0 Å². The van der Waals surface area contributed by atoms with Crippen LogP contribution in [-0.2, 0) is 10.0 Å². The molecule has 0 bridgehead atoms. The summed E-state index contributed by atoms with van der Waals surface area (Å²) in [6.07, 6.45) is 5.20. The molecule has 0 spiro atoms. The highest BCUT2D eigenvalue weighted by Gasteiger charge is 2.16. The van der Waals surface area contributed by atoms with Crippen molar-refractivity contribution in [2.45, 2.75) is 11.8 Å². The van der Waals surface area contributed by atoms with E-state index in [9.17, 15) is 8.42 Å². The highest BCUT2D eigenvalue weighted by molar-refractivity contribution is 7.92. The van der Waals surface area contributed by atoms with Gasteiger partial charge >= 0.3 is 0 Å². The summed E-state index contributed by atoms with van der Waals surface area (Å²) in [5, 5.41) is 0. The zero-order valence-electron chi connectivity index (χ0n) is 12.0. The third kappa shape index (κ3) is 2.87. The number of hydrogen-bond acceptors (Lipinski definition) is 3. The summed E-state index contributed by atoms with van der Waals surface area (Å²) in [6, 6.07) is 14.0. The van der Waals surface area contributed by atoms with E-state index in [-0.39, 0.29) is 4.90 Å². The van der Waals surface area contributed by atoms with Crippen LogP contribution in [0.5, 0.6) is 0 Å². The fraction of sp³-hybridized carbons (Fsp3) is 0.0625. The average molecular weight is 313 g/mol. The van der Waals surface area contributed by atoms with Gasteiger partial charge in [-0.25, -0.2) is 13.4 Å². The van der Waals surface area contributed by atoms with Gasteiger partial charge in [-0.3, -0.25) is 4.72 Å². The summed E-state index contributed by atoms with van der Waals surface area (Å²) in [7, 11) is -3.58. The standard InChI is InChI=1S/C16H15N3O2S/c1-13-4-2-3-5-16(13)22(20,21)18-14-6-8-15(9-7-14)19-11-10-17-12-19/h2-12,18H,1H3. The number of benzene rings is 2. The van der Waals surface area contributed by atoms with Gasteiger partial charge in [0.05, 0.1) is 11.2 Å². The van der Waals surface area contributed by atoms with Gasteiger partial charge in [0.25, 0.3) is 10.0 Å². The van der Waals surface area contributed by atoms with E-state index in [2.05, 4.69) is 9.71 Å². The van der Waals surface area contributed by atoms with E-state index in [1.54, 1.807) is 49.8 Å². The van der Waals surface area contributed by atoms with Crippen LogP contribution in [0.4, 0.5) is 5.69 Å². The molecule has 0 unspecified atom stereocenters. The summed E-state index contributed by atoms with van der Waals surface area (Å²) < 4.78 is 29.3. The number of anilines is 1. The Morgan fingerprint density at radius 2 is 1.77 bits per heavy atom. The lowest BCUT2D eigenvalue weighted by Gasteiger charge is -2.11. The molecule has 112 valence electrons. The number of imidazole rings is 1. The minimum atomic E-state index is -3.58. The number of rotatable bonds is 4. The van der Waals surface area contributed by atoms with Crippen molar-refractivity contribution in [2.24, 2.45) is 0 Å². The summed E-state index contributed by atoms with van der Waals surface area (Å²) in [6.45, 7) is 1.77. The zero-order chi connectivity index (χ0) is 15.6. The third-order valence-electron chi connectivity index (χ3n) is 3.31. The molecule has 0 fully saturated rings. The molecule has 0 aliphatic carbocycles. The highest BCUT2D eigenvalue weighted by atomic mass is 32.2. The Morgan fingerprint density at radius 1 is 1.05 bits per heavy atom. The number of nitrogens with zero attached hydrogens (tertiary/aromatic N) is 2. The van der Waals surface area contributed by atoms with Gasteiger partial charge in [0.1, 0.15) is 0 Å². The summed E-state index contributed by atoms with van der Waals surface area (Å²) >= 11 is 0. The topological polar surface area (TPSA) is 64.0 Å². The van der Waals surface area contributed by atoms with Crippen LogP contribution in [0.25, 0.3) is 5.69 Å². The second-order valence-electron chi connectivity index (χ2n) is 4.89. The van der Waals surface area contributed by atoms with Crippen molar-refractivity contribution in [3.05, 3.63) is 72.8 Å². The molecule has 0 saturated heterocycles. The lowest BCUT2D eigenvalue weighted by molar-refractivity contribution is 0.600. The van der Waals surface area contributed by atoms with Crippen molar-refractivity contribution in [2.75, 3.05) is 4.72 Å². The number of sulfonamides is 1. The lowest BCUT2D eigenvalue weighted by Crippen LogP contribution is -2.14. The molecule has 3 aromatic rings. The molecule has 6 heteroatoms. The summed E-state index contributed by atoms with van der Waals surface area (Å²) in [5.74, 6) is 0. The molecular formula is C16H15N3O2S. The van der Waals surface area contributed by atoms with Crippen LogP contribution in [0.15, 0.2) is 72.1 Å². The third-order valence-corrected chi connectivity index (χ3v) is 4.85. The van der Waals surface area contributed by atoms with E-state index in [4.69, 9.17) is 0 Å². The first kappa shape index (κ1) is 14.3. The van der Waals surface area contributed by atoms with Crippen molar-refractivity contribution in [3.8, 4) is 5.69 Å². The summed E-state index contributed by atoms with van der Waals surface area (Å²) in [4.78, 5) is 4.27. The lowest BCUT2D eigenvalue weighted by atomic mass is 10.2. The Morgan fingerprint density at radius 3 is 2.41 bits per heavy atom. The van der Waals surface area contributed by atoms with E-state index in [0.717, 1.165) is 5.69 Å². The minimum absolute atomic E-state index is 0.286. The van der Waals surface area contributed by atoms with Crippen molar-refractivity contribution in [3.63, 3.8) is 0 Å². The second kappa shape index (κ2) is 5.65. The molecule has 0 radical (unpaired) electrons. The molecule has 0 atom stereocenters. The maximum absolute atomic E-state index is 12.4. The molecule has 1 heterocycles. The first-order chi connectivity index (χ1) is 10.6. The molecule has 0 aliphatic rings. The highest BCUT2D eigenvalue weighted by Crippen LogP contribution is 2.20. The van der Waals surface area contributed by atoms with Crippen LogP contribution in [-0.4, -0.2) is 18.0 Å². The van der Waals surface area contributed by atoms with Gasteiger partial charge in [-0.05, 0) is 42.8 Å². The molecule has 0 amide bonds. The minimum Gasteiger partial charge on any atom is -0.306 e. The Labute approximate surface area is 129 Å². The Hall–Kier alpha value is -2.60. The first-order valence-corrected chi connectivity index (χ1v) is 8.21. The van der Waals surface area contributed by atoms with Gasteiger partial charge in [-0.2, -0.15) is 0 Å². The maximum atomic E-state index is 12.4. The van der Waals surface area contributed by atoms with Crippen LogP contribution in [0.1, 0.15) is 5.56 Å². The van der Waals surface area contributed by atoms with Gasteiger partial charge < -0.3 is 4.57 Å². The summed E-state index contributed by atoms with van der Waals surface area (Å²) in [5.41, 5.74) is 2.15. The smallest absolute Gasteiger partial charge is 0.262 e. The molecule has 22 heavy (non-hydrogen) atoms. The molecule has 1 aromatic heterocycles. The van der Waals surface area contributed by atoms with E-state index < -0.39 is 10.0 Å². The Balaban J connectivity index is 1.86. The number of aromatic nitrogens is 2. The predicted molar refractivity (Wildman–Crippen MR) is 85.6 cm³/mol. The SMILES string of the molecule is Cc1ccccc1S(=O)(=O)Nc1ccc(-n2ccnc2)cc1. The number of hydrogen-bond donors (Lipinski definition) is 1. The molecule has 0 saturated carbocycles. The van der Waals surface area contributed by atoms with Gasteiger partial charge in [0.2, 0.25) is 0 Å². The molecule has 2 aromatic carbocycles. The maximum Gasteiger partial charge on any atom is 0.262 e. The van der Waals surface area contributed by atoms with Gasteiger partial charge in [-0.15, -0.1) is 0 Å². The average Bonchev–Trinajstić information content (AvgIpc) is 3.02. The van der Waals surface area contributed by atoms with Crippen molar-refractivity contribution < 1.29 is 8.42 Å². The van der Waals surface area contributed by atoms with Crippen molar-refractivity contribution >= 4 is 15.7 Å². The van der Waals surface area contributed by atoms with Crippen LogP contribution >= 0.6 is 0 Å². The van der Waals surface area contributed by atoms with E-state index in [1.165, 1.54) is 0 Å². The second-order valence-corrected chi connectivity index (χ2v) is 6.54.